The van der Waals surface area contributed by atoms with Gasteiger partial charge in [-0.2, -0.15) is 0 Å². The van der Waals surface area contributed by atoms with Crippen LogP contribution in [-0.2, 0) is 0 Å². The van der Waals surface area contributed by atoms with E-state index in [0.29, 0.717) is 0 Å². The molecule has 1 aromatic heterocycles. The highest BCUT2D eigenvalue weighted by Gasteiger charge is 2.14. The molecule has 0 amide bonds. The molecule has 1 heterocycles. The maximum atomic E-state index is 3.68. The molecule has 0 N–H and O–H groups in total. The van der Waals surface area contributed by atoms with Gasteiger partial charge in [-0.05, 0) is 64.7 Å². The molecule has 0 saturated carbocycles. The second-order valence-corrected chi connectivity index (χ2v) is 8.93. The molecule has 6 rings (SSSR count). The van der Waals surface area contributed by atoms with Crippen molar-refractivity contribution in [2.75, 3.05) is 0 Å². The van der Waals surface area contributed by atoms with Gasteiger partial charge in [0.25, 0.3) is 0 Å². The summed E-state index contributed by atoms with van der Waals surface area (Å²) in [6, 6.07) is 43.3. The van der Waals surface area contributed by atoms with Gasteiger partial charge < -0.3 is 4.57 Å². The molecule has 0 aliphatic rings. The van der Waals surface area contributed by atoms with Crippen LogP contribution in [0.1, 0.15) is 0 Å². The van der Waals surface area contributed by atoms with Gasteiger partial charge in [-0.1, -0.05) is 94.8 Å². The maximum absolute atomic E-state index is 3.68. The molecule has 0 fully saturated rings. The summed E-state index contributed by atoms with van der Waals surface area (Å²) >= 11 is 3.68. The van der Waals surface area contributed by atoms with Gasteiger partial charge in [0.1, 0.15) is 0 Å². The van der Waals surface area contributed by atoms with Gasteiger partial charge in [-0.3, -0.25) is 0 Å². The lowest BCUT2D eigenvalue weighted by atomic mass is 10.0. The molecule has 6 aromatic rings. The van der Waals surface area contributed by atoms with Crippen LogP contribution in [0.2, 0.25) is 0 Å². The van der Waals surface area contributed by atoms with E-state index in [4.69, 9.17) is 0 Å². The maximum Gasteiger partial charge on any atom is 0.0541 e. The van der Waals surface area contributed by atoms with E-state index in [-0.39, 0.29) is 0 Å². The van der Waals surface area contributed by atoms with Gasteiger partial charge in [0, 0.05) is 20.9 Å². The number of aromatic nitrogens is 1. The van der Waals surface area contributed by atoms with Crippen LogP contribution in [0, 0.1) is 0 Å². The third-order valence-electron chi connectivity index (χ3n) is 6.05. The number of hydrogen-bond acceptors (Lipinski definition) is 0. The van der Waals surface area contributed by atoms with Crippen molar-refractivity contribution in [2.24, 2.45) is 0 Å². The highest BCUT2D eigenvalue weighted by molar-refractivity contribution is 9.10. The average Bonchev–Trinajstić information content (AvgIpc) is 3.18. The zero-order chi connectivity index (χ0) is 21.5. The Labute approximate surface area is 195 Å². The predicted octanol–water partition coefficient (Wildman–Crippen LogP) is 8.88. The van der Waals surface area contributed by atoms with Gasteiger partial charge in [0.05, 0.1) is 11.0 Å². The fourth-order valence-electron chi connectivity index (χ4n) is 4.54. The third-order valence-corrected chi connectivity index (χ3v) is 6.54. The molecule has 5 aromatic carbocycles. The van der Waals surface area contributed by atoms with Crippen molar-refractivity contribution in [2.45, 2.75) is 0 Å². The molecule has 0 radical (unpaired) electrons. The van der Waals surface area contributed by atoms with E-state index >= 15 is 0 Å². The number of fused-ring (bicyclic) bond motifs is 3. The summed E-state index contributed by atoms with van der Waals surface area (Å²) in [7, 11) is 0. The first kappa shape index (κ1) is 19.1. The van der Waals surface area contributed by atoms with Crippen molar-refractivity contribution in [3.05, 3.63) is 126 Å². The molecular formula is C30H20BrN. The summed E-state index contributed by atoms with van der Waals surface area (Å²) in [5.41, 5.74) is 8.50. The average molecular weight is 474 g/mol. The largest absolute Gasteiger partial charge is 0.309 e. The summed E-state index contributed by atoms with van der Waals surface area (Å²) in [5.74, 6) is 0. The monoisotopic (exact) mass is 473 g/mol. The summed E-state index contributed by atoms with van der Waals surface area (Å²) in [6.45, 7) is 0. The van der Waals surface area contributed by atoms with Gasteiger partial charge >= 0.3 is 0 Å². The number of benzene rings is 5. The van der Waals surface area contributed by atoms with Gasteiger partial charge in [-0.15, -0.1) is 0 Å². The fraction of sp³-hybridized carbons (Fsp3) is 0. The molecule has 0 aliphatic carbocycles. The van der Waals surface area contributed by atoms with E-state index in [1.54, 1.807) is 0 Å². The SMILES string of the molecule is Brc1ccc2c(c1)c1cc(-c3ccccc3)ccc1n2-c1cccc(-c2ccccc2)c1. The topological polar surface area (TPSA) is 4.93 Å². The third kappa shape index (κ3) is 3.24. The van der Waals surface area contributed by atoms with E-state index in [9.17, 15) is 0 Å². The van der Waals surface area contributed by atoms with Crippen LogP contribution in [-0.4, -0.2) is 4.57 Å². The van der Waals surface area contributed by atoms with Crippen molar-refractivity contribution in [1.82, 2.24) is 4.57 Å². The molecular weight excluding hydrogens is 454 g/mol. The lowest BCUT2D eigenvalue weighted by molar-refractivity contribution is 1.18. The normalized spacial score (nSPS) is 11.3. The fourth-order valence-corrected chi connectivity index (χ4v) is 4.90. The smallest absolute Gasteiger partial charge is 0.0541 e. The van der Waals surface area contributed by atoms with Gasteiger partial charge in [0.15, 0.2) is 0 Å². The van der Waals surface area contributed by atoms with Crippen LogP contribution in [0.15, 0.2) is 126 Å². The molecule has 152 valence electrons. The van der Waals surface area contributed by atoms with Crippen molar-refractivity contribution in [3.63, 3.8) is 0 Å². The van der Waals surface area contributed by atoms with Gasteiger partial charge in [0.2, 0.25) is 0 Å². The zero-order valence-electron chi connectivity index (χ0n) is 17.4. The Morgan fingerprint density at radius 1 is 0.438 bits per heavy atom. The number of rotatable bonds is 3. The number of halogens is 1. The second kappa shape index (κ2) is 7.81. The van der Waals surface area contributed by atoms with Gasteiger partial charge in [-0.25, -0.2) is 0 Å². The van der Waals surface area contributed by atoms with Crippen molar-refractivity contribution in [1.29, 1.82) is 0 Å². The molecule has 0 spiro atoms. The first-order valence-electron chi connectivity index (χ1n) is 10.7. The molecule has 1 nitrogen and oxygen atoms in total. The quantitative estimate of drug-likeness (QED) is 0.241. The van der Waals surface area contributed by atoms with E-state index in [0.717, 1.165) is 4.47 Å². The molecule has 0 atom stereocenters. The molecule has 0 unspecified atom stereocenters. The Kier molecular flexibility index (Phi) is 4.66. The van der Waals surface area contributed by atoms with E-state index in [2.05, 4.69) is 142 Å². The zero-order valence-corrected chi connectivity index (χ0v) is 19.0. The van der Waals surface area contributed by atoms with Crippen LogP contribution < -0.4 is 0 Å². The summed E-state index contributed by atoms with van der Waals surface area (Å²) in [6.07, 6.45) is 0. The first-order chi connectivity index (χ1) is 15.8. The summed E-state index contributed by atoms with van der Waals surface area (Å²) < 4.78 is 3.46. The van der Waals surface area contributed by atoms with Crippen LogP contribution >= 0.6 is 15.9 Å². The lowest BCUT2D eigenvalue weighted by Crippen LogP contribution is -1.94. The Hall–Kier alpha value is -3.62. The van der Waals surface area contributed by atoms with Crippen LogP contribution in [0.5, 0.6) is 0 Å². The molecule has 32 heavy (non-hydrogen) atoms. The lowest BCUT2D eigenvalue weighted by Gasteiger charge is -2.11. The Balaban J connectivity index is 1.62. The second-order valence-electron chi connectivity index (χ2n) is 8.01. The van der Waals surface area contributed by atoms with Crippen molar-refractivity contribution in [3.8, 4) is 27.9 Å². The molecule has 2 heteroatoms. The Bertz CT molecular complexity index is 1560. The van der Waals surface area contributed by atoms with Crippen LogP contribution in [0.25, 0.3) is 49.7 Å². The molecule has 0 saturated heterocycles. The van der Waals surface area contributed by atoms with Crippen LogP contribution in [0.3, 0.4) is 0 Å². The Morgan fingerprint density at radius 2 is 1.00 bits per heavy atom. The minimum atomic E-state index is 1.09. The minimum absolute atomic E-state index is 1.09. The predicted molar refractivity (Wildman–Crippen MR) is 139 cm³/mol. The Morgan fingerprint density at radius 3 is 1.69 bits per heavy atom. The first-order valence-corrected chi connectivity index (χ1v) is 11.5. The molecule has 0 aliphatic heterocycles. The van der Waals surface area contributed by atoms with Crippen LogP contribution in [0.4, 0.5) is 0 Å². The highest BCUT2D eigenvalue weighted by Crippen LogP contribution is 2.36. The minimum Gasteiger partial charge on any atom is -0.309 e. The number of nitrogens with zero attached hydrogens (tertiary/aromatic N) is 1. The highest BCUT2D eigenvalue weighted by atomic mass is 79.9. The van der Waals surface area contributed by atoms with E-state index in [1.807, 2.05) is 0 Å². The summed E-state index contributed by atoms with van der Waals surface area (Å²) in [5, 5.41) is 2.50. The van der Waals surface area contributed by atoms with Crippen molar-refractivity contribution >= 4 is 37.7 Å². The van der Waals surface area contributed by atoms with Crippen molar-refractivity contribution < 1.29 is 0 Å². The standard InChI is InChI=1S/C30H20BrN/c31-25-15-17-30-28(20-25)27-19-24(22-10-5-2-6-11-22)14-16-29(27)32(30)26-13-7-12-23(18-26)21-8-3-1-4-9-21/h1-20H. The van der Waals surface area contributed by atoms with E-state index < -0.39 is 0 Å². The number of hydrogen-bond donors (Lipinski definition) is 0. The van der Waals surface area contributed by atoms with E-state index in [1.165, 1.54) is 49.7 Å². The molecule has 0 bridgehead atoms. The summed E-state index contributed by atoms with van der Waals surface area (Å²) in [4.78, 5) is 0.